The number of aryl methyl sites for hydroxylation is 1. The number of ether oxygens (including phenoxy) is 1. The summed E-state index contributed by atoms with van der Waals surface area (Å²) >= 11 is 0. The minimum Gasteiger partial charge on any atom is -0.495 e. The lowest BCUT2D eigenvalue weighted by molar-refractivity contribution is 0.413. The van der Waals surface area contributed by atoms with Crippen LogP contribution in [-0.2, 0) is 0 Å². The first-order valence-electron chi connectivity index (χ1n) is 8.85. The highest BCUT2D eigenvalue weighted by molar-refractivity contribution is 6.02. The third-order valence-electron chi connectivity index (χ3n) is 4.43. The standard InChI is InChI=1S/C21H20FN5O/c1-15-12-26(14-23-15)20-10-4-16(11-21(20)28-2)3-7-18-13-27(25-24-18)19-8-5-17(22)6-9-19/h3-12,14,25H,13H2,1-2H3/b7-3+. The molecule has 0 bridgehead atoms. The van der Waals surface area contributed by atoms with E-state index in [1.807, 2.05) is 53.0 Å². The zero-order valence-electron chi connectivity index (χ0n) is 15.6. The molecule has 0 atom stereocenters. The molecule has 1 aliphatic heterocycles. The van der Waals surface area contributed by atoms with Gasteiger partial charge in [-0.3, -0.25) is 5.01 Å². The number of hydrogen-bond donors (Lipinski definition) is 1. The van der Waals surface area contributed by atoms with Crippen LogP contribution in [0.25, 0.3) is 11.8 Å². The lowest BCUT2D eigenvalue weighted by atomic mass is 10.1. The third kappa shape index (κ3) is 3.73. The predicted molar refractivity (Wildman–Crippen MR) is 108 cm³/mol. The van der Waals surface area contributed by atoms with Gasteiger partial charge in [0.25, 0.3) is 0 Å². The van der Waals surface area contributed by atoms with Crippen molar-refractivity contribution >= 4 is 17.5 Å². The van der Waals surface area contributed by atoms with Gasteiger partial charge in [-0.2, -0.15) is 5.10 Å². The van der Waals surface area contributed by atoms with Crippen LogP contribution in [0.4, 0.5) is 10.1 Å². The molecule has 6 nitrogen and oxygen atoms in total. The maximum absolute atomic E-state index is 13.1. The topological polar surface area (TPSA) is 54.7 Å². The van der Waals surface area contributed by atoms with Crippen LogP contribution in [0.1, 0.15) is 11.3 Å². The molecule has 28 heavy (non-hydrogen) atoms. The average Bonchev–Trinajstić information content (AvgIpc) is 3.36. The second-order valence-electron chi connectivity index (χ2n) is 6.45. The number of methoxy groups -OCH3 is 1. The molecule has 0 unspecified atom stereocenters. The van der Waals surface area contributed by atoms with Crippen LogP contribution in [-0.4, -0.2) is 28.9 Å². The van der Waals surface area contributed by atoms with Crippen molar-refractivity contribution in [3.8, 4) is 11.4 Å². The fraction of sp³-hybridized carbons (Fsp3) is 0.143. The van der Waals surface area contributed by atoms with E-state index in [0.717, 1.165) is 34.1 Å². The molecule has 0 fully saturated rings. The Bertz CT molecular complexity index is 1040. The Morgan fingerprint density at radius 2 is 1.96 bits per heavy atom. The van der Waals surface area contributed by atoms with E-state index in [9.17, 15) is 4.39 Å². The van der Waals surface area contributed by atoms with E-state index in [-0.39, 0.29) is 5.82 Å². The molecule has 7 heteroatoms. The summed E-state index contributed by atoms with van der Waals surface area (Å²) in [6, 6.07) is 12.3. The molecule has 1 aromatic heterocycles. The van der Waals surface area contributed by atoms with Gasteiger partial charge >= 0.3 is 0 Å². The fourth-order valence-corrected chi connectivity index (χ4v) is 2.97. The summed E-state index contributed by atoms with van der Waals surface area (Å²) in [5.41, 5.74) is 7.56. The molecule has 0 amide bonds. The van der Waals surface area contributed by atoms with E-state index in [4.69, 9.17) is 4.74 Å². The Hall–Kier alpha value is -3.61. The number of benzene rings is 2. The van der Waals surface area contributed by atoms with Crippen molar-refractivity contribution in [1.29, 1.82) is 0 Å². The summed E-state index contributed by atoms with van der Waals surface area (Å²) in [6.07, 6.45) is 7.66. The molecular formula is C21H20FN5O. The van der Waals surface area contributed by atoms with Crippen molar-refractivity contribution in [3.05, 3.63) is 78.1 Å². The predicted octanol–water partition coefficient (Wildman–Crippen LogP) is 3.72. The van der Waals surface area contributed by atoms with Gasteiger partial charge < -0.3 is 9.30 Å². The Morgan fingerprint density at radius 1 is 1.14 bits per heavy atom. The Kier molecular flexibility index (Phi) is 4.80. The van der Waals surface area contributed by atoms with Gasteiger partial charge in [-0.25, -0.2) is 14.9 Å². The maximum atomic E-state index is 13.1. The number of imidazole rings is 1. The monoisotopic (exact) mass is 377 g/mol. The Labute approximate surface area is 162 Å². The zero-order valence-corrected chi connectivity index (χ0v) is 15.6. The molecule has 1 N–H and O–H groups in total. The maximum Gasteiger partial charge on any atom is 0.143 e. The van der Waals surface area contributed by atoms with Crippen molar-refractivity contribution in [2.45, 2.75) is 6.92 Å². The summed E-state index contributed by atoms with van der Waals surface area (Å²) in [7, 11) is 1.65. The van der Waals surface area contributed by atoms with E-state index >= 15 is 0 Å². The molecule has 3 aromatic rings. The smallest absolute Gasteiger partial charge is 0.143 e. The largest absolute Gasteiger partial charge is 0.495 e. The number of rotatable bonds is 5. The van der Waals surface area contributed by atoms with Gasteiger partial charge in [0, 0.05) is 6.20 Å². The summed E-state index contributed by atoms with van der Waals surface area (Å²) in [5.74, 6) is 0.506. The molecule has 0 radical (unpaired) electrons. The normalized spacial score (nSPS) is 13.7. The molecular weight excluding hydrogens is 357 g/mol. The molecule has 1 aliphatic rings. The molecule has 142 valence electrons. The quantitative estimate of drug-likeness (QED) is 0.736. The highest BCUT2D eigenvalue weighted by Gasteiger charge is 2.14. The summed E-state index contributed by atoms with van der Waals surface area (Å²) in [5, 5.41) is 6.16. The van der Waals surface area contributed by atoms with E-state index < -0.39 is 0 Å². The van der Waals surface area contributed by atoms with E-state index in [2.05, 4.69) is 15.6 Å². The Morgan fingerprint density at radius 3 is 2.68 bits per heavy atom. The average molecular weight is 377 g/mol. The first-order chi connectivity index (χ1) is 13.6. The molecule has 0 saturated heterocycles. The van der Waals surface area contributed by atoms with Crippen LogP contribution in [0, 0.1) is 12.7 Å². The lowest BCUT2D eigenvalue weighted by Crippen LogP contribution is -2.30. The van der Waals surface area contributed by atoms with Crippen LogP contribution in [0.2, 0.25) is 0 Å². The molecule has 0 saturated carbocycles. The van der Waals surface area contributed by atoms with Crippen molar-refractivity contribution in [2.24, 2.45) is 5.10 Å². The van der Waals surface area contributed by atoms with Crippen LogP contribution < -0.4 is 15.3 Å². The summed E-state index contributed by atoms with van der Waals surface area (Å²) < 4.78 is 20.5. The SMILES string of the molecule is COc1cc(/C=C/C2=NNN(c3ccc(F)cc3)C2)ccc1-n1cnc(C)c1. The van der Waals surface area contributed by atoms with Gasteiger partial charge in [-0.15, -0.1) is 0 Å². The van der Waals surface area contributed by atoms with Crippen molar-refractivity contribution in [3.63, 3.8) is 0 Å². The van der Waals surface area contributed by atoms with Crippen molar-refractivity contribution < 1.29 is 9.13 Å². The van der Waals surface area contributed by atoms with Crippen LogP contribution in [0.5, 0.6) is 5.75 Å². The summed E-state index contributed by atoms with van der Waals surface area (Å²) in [4.78, 5) is 4.26. The van der Waals surface area contributed by atoms with E-state index in [1.54, 1.807) is 25.6 Å². The molecule has 2 aromatic carbocycles. The summed E-state index contributed by atoms with van der Waals surface area (Å²) in [6.45, 7) is 2.54. The zero-order chi connectivity index (χ0) is 19.5. The van der Waals surface area contributed by atoms with Crippen LogP contribution >= 0.6 is 0 Å². The number of nitrogens with zero attached hydrogens (tertiary/aromatic N) is 4. The number of hydrazone groups is 1. The minimum atomic E-state index is -0.257. The Balaban J connectivity index is 1.47. The molecule has 0 spiro atoms. The van der Waals surface area contributed by atoms with Crippen molar-refractivity contribution in [2.75, 3.05) is 18.7 Å². The van der Waals surface area contributed by atoms with Crippen molar-refractivity contribution in [1.82, 2.24) is 15.1 Å². The number of nitrogens with one attached hydrogen (secondary N) is 1. The second-order valence-corrected chi connectivity index (χ2v) is 6.45. The van der Waals surface area contributed by atoms with Gasteiger partial charge in [-0.05, 0) is 55.0 Å². The number of hydrogen-bond acceptors (Lipinski definition) is 5. The number of halogens is 1. The highest BCUT2D eigenvalue weighted by Crippen LogP contribution is 2.25. The molecule has 2 heterocycles. The number of anilines is 1. The third-order valence-corrected chi connectivity index (χ3v) is 4.43. The van der Waals surface area contributed by atoms with E-state index in [0.29, 0.717) is 6.54 Å². The van der Waals surface area contributed by atoms with Gasteiger partial charge in [0.2, 0.25) is 0 Å². The van der Waals surface area contributed by atoms with Gasteiger partial charge in [0.1, 0.15) is 11.6 Å². The minimum absolute atomic E-state index is 0.257. The first-order valence-corrected chi connectivity index (χ1v) is 8.85. The fourth-order valence-electron chi connectivity index (χ4n) is 2.97. The highest BCUT2D eigenvalue weighted by atomic mass is 19.1. The molecule has 0 aliphatic carbocycles. The van der Waals surface area contributed by atoms with Crippen LogP contribution in [0.3, 0.4) is 0 Å². The van der Waals surface area contributed by atoms with Gasteiger partial charge in [0.05, 0.1) is 42.8 Å². The lowest BCUT2D eigenvalue weighted by Gasteiger charge is -2.16. The number of aromatic nitrogens is 2. The van der Waals surface area contributed by atoms with E-state index in [1.165, 1.54) is 12.1 Å². The van der Waals surface area contributed by atoms with Gasteiger partial charge in [0.15, 0.2) is 0 Å². The van der Waals surface area contributed by atoms with Crippen LogP contribution in [0.15, 0.2) is 66.2 Å². The first kappa shape index (κ1) is 17.8. The number of hydrazine groups is 1. The molecule has 4 rings (SSSR count). The second kappa shape index (κ2) is 7.56. The van der Waals surface area contributed by atoms with Gasteiger partial charge in [-0.1, -0.05) is 12.1 Å².